The second-order valence-electron chi connectivity index (χ2n) is 3.93. The molecule has 0 saturated carbocycles. The lowest BCUT2D eigenvalue weighted by molar-refractivity contribution is 0.102. The van der Waals surface area contributed by atoms with E-state index in [2.05, 4.69) is 21.2 Å². The predicted molar refractivity (Wildman–Crippen MR) is 75.0 cm³/mol. The van der Waals surface area contributed by atoms with Crippen LogP contribution in [0.2, 0.25) is 0 Å². The summed E-state index contributed by atoms with van der Waals surface area (Å²) in [4.78, 5) is 12.0. The number of amides is 1. The van der Waals surface area contributed by atoms with Gasteiger partial charge in [0.2, 0.25) is 0 Å². The average molecular weight is 342 g/mol. The first-order valence-electron chi connectivity index (χ1n) is 5.61. The lowest BCUT2D eigenvalue weighted by Crippen LogP contribution is -2.13. The van der Waals surface area contributed by atoms with E-state index >= 15 is 0 Å². The highest BCUT2D eigenvalue weighted by Crippen LogP contribution is 2.24. The Kier molecular flexibility index (Phi) is 4.34. The lowest BCUT2D eigenvalue weighted by Gasteiger charge is -2.08. The summed E-state index contributed by atoms with van der Waals surface area (Å²) in [5.74, 6) is -1.44. The van der Waals surface area contributed by atoms with E-state index in [1.54, 1.807) is 18.2 Å². The maximum Gasteiger partial charge on any atom is 0.255 e. The third-order valence-electron chi connectivity index (χ3n) is 2.59. The van der Waals surface area contributed by atoms with Gasteiger partial charge in [-0.05, 0) is 40.2 Å². The molecular weight excluding hydrogens is 332 g/mol. The molecule has 0 aromatic heterocycles. The van der Waals surface area contributed by atoms with E-state index in [1.165, 1.54) is 13.2 Å². The highest BCUT2D eigenvalue weighted by atomic mass is 79.9. The van der Waals surface area contributed by atoms with Crippen LogP contribution < -0.4 is 10.1 Å². The van der Waals surface area contributed by atoms with Crippen molar-refractivity contribution >= 4 is 27.5 Å². The summed E-state index contributed by atoms with van der Waals surface area (Å²) in [6, 6.07) is 8.23. The zero-order valence-corrected chi connectivity index (χ0v) is 12.0. The summed E-state index contributed by atoms with van der Waals surface area (Å²) in [7, 11) is 1.47. The van der Waals surface area contributed by atoms with E-state index in [0.29, 0.717) is 5.75 Å². The minimum atomic E-state index is -0.727. The SMILES string of the molecule is COc1cccc(C(=O)Nc2cc(F)c(Br)cc2F)c1. The van der Waals surface area contributed by atoms with E-state index in [-0.39, 0.29) is 15.7 Å². The number of hydrogen-bond acceptors (Lipinski definition) is 2. The number of halogens is 3. The summed E-state index contributed by atoms with van der Waals surface area (Å²) < 4.78 is 32.0. The van der Waals surface area contributed by atoms with Gasteiger partial charge in [-0.1, -0.05) is 6.07 Å². The summed E-state index contributed by atoms with van der Waals surface area (Å²) in [5, 5.41) is 2.32. The quantitative estimate of drug-likeness (QED) is 0.857. The molecule has 0 saturated heterocycles. The number of carbonyl (C=O) groups is 1. The molecule has 104 valence electrons. The highest BCUT2D eigenvalue weighted by Gasteiger charge is 2.13. The Hall–Kier alpha value is -1.95. The Labute approximate surface area is 122 Å². The third kappa shape index (κ3) is 3.14. The Balaban J connectivity index is 2.25. The van der Waals surface area contributed by atoms with Gasteiger partial charge in [0, 0.05) is 11.6 Å². The number of methoxy groups -OCH3 is 1. The number of nitrogens with one attached hydrogen (secondary N) is 1. The van der Waals surface area contributed by atoms with Crippen LogP contribution in [-0.4, -0.2) is 13.0 Å². The van der Waals surface area contributed by atoms with Crippen molar-refractivity contribution < 1.29 is 18.3 Å². The monoisotopic (exact) mass is 341 g/mol. The number of anilines is 1. The fraction of sp³-hybridized carbons (Fsp3) is 0.0714. The molecule has 2 aromatic carbocycles. The normalized spacial score (nSPS) is 10.2. The molecule has 0 fully saturated rings. The van der Waals surface area contributed by atoms with Crippen LogP contribution in [0.15, 0.2) is 40.9 Å². The molecule has 0 bridgehead atoms. The number of hydrogen-bond donors (Lipinski definition) is 1. The molecule has 2 aromatic rings. The van der Waals surface area contributed by atoms with Gasteiger partial charge < -0.3 is 10.1 Å². The van der Waals surface area contributed by atoms with E-state index in [0.717, 1.165) is 12.1 Å². The molecule has 0 aliphatic heterocycles. The Morgan fingerprint density at radius 1 is 1.20 bits per heavy atom. The molecule has 20 heavy (non-hydrogen) atoms. The summed E-state index contributed by atoms with van der Waals surface area (Å²) in [6.45, 7) is 0. The van der Waals surface area contributed by atoms with E-state index in [1.807, 2.05) is 0 Å². The first-order valence-corrected chi connectivity index (χ1v) is 6.40. The fourth-order valence-electron chi connectivity index (χ4n) is 1.58. The summed E-state index contributed by atoms with van der Waals surface area (Å²) >= 11 is 2.87. The van der Waals surface area contributed by atoms with Gasteiger partial charge in [-0.3, -0.25) is 4.79 Å². The minimum absolute atomic E-state index is 0.00520. The number of carbonyl (C=O) groups excluding carboxylic acids is 1. The number of benzene rings is 2. The Bertz CT molecular complexity index is 662. The molecule has 2 rings (SSSR count). The molecule has 0 aliphatic rings. The minimum Gasteiger partial charge on any atom is -0.497 e. The van der Waals surface area contributed by atoms with Gasteiger partial charge in [0.1, 0.15) is 17.4 Å². The zero-order valence-electron chi connectivity index (χ0n) is 10.4. The van der Waals surface area contributed by atoms with Crippen LogP contribution in [0, 0.1) is 11.6 Å². The average Bonchev–Trinajstić information content (AvgIpc) is 2.44. The van der Waals surface area contributed by atoms with Crippen LogP contribution in [0.5, 0.6) is 5.75 Å². The molecule has 3 nitrogen and oxygen atoms in total. The molecule has 0 radical (unpaired) electrons. The van der Waals surface area contributed by atoms with Crippen LogP contribution >= 0.6 is 15.9 Å². The predicted octanol–water partition coefficient (Wildman–Crippen LogP) is 3.99. The smallest absolute Gasteiger partial charge is 0.255 e. The van der Waals surface area contributed by atoms with Gasteiger partial charge in [0.25, 0.3) is 5.91 Å². The maximum absolute atomic E-state index is 13.6. The van der Waals surface area contributed by atoms with Gasteiger partial charge in [-0.2, -0.15) is 0 Å². The first-order chi connectivity index (χ1) is 9.51. The molecule has 0 spiro atoms. The molecule has 6 heteroatoms. The van der Waals surface area contributed by atoms with Crippen LogP contribution in [0.25, 0.3) is 0 Å². The topological polar surface area (TPSA) is 38.3 Å². The molecule has 1 amide bonds. The van der Waals surface area contributed by atoms with Gasteiger partial charge in [-0.25, -0.2) is 8.78 Å². The van der Waals surface area contributed by atoms with Gasteiger partial charge in [-0.15, -0.1) is 0 Å². The summed E-state index contributed by atoms with van der Waals surface area (Å²) in [6.07, 6.45) is 0. The van der Waals surface area contributed by atoms with Crippen molar-refractivity contribution in [3.05, 3.63) is 58.1 Å². The number of ether oxygens (including phenoxy) is 1. The highest BCUT2D eigenvalue weighted by molar-refractivity contribution is 9.10. The van der Waals surface area contributed by atoms with Gasteiger partial charge in [0.15, 0.2) is 0 Å². The Morgan fingerprint density at radius 2 is 1.95 bits per heavy atom. The maximum atomic E-state index is 13.6. The van der Waals surface area contributed by atoms with E-state index < -0.39 is 17.5 Å². The molecule has 0 heterocycles. The summed E-state index contributed by atoms with van der Waals surface area (Å²) in [5.41, 5.74) is 0.0607. The van der Waals surface area contributed by atoms with Gasteiger partial charge in [0.05, 0.1) is 17.3 Å². The van der Waals surface area contributed by atoms with Crippen LogP contribution in [0.1, 0.15) is 10.4 Å². The first kappa shape index (κ1) is 14.5. The zero-order chi connectivity index (χ0) is 14.7. The van der Waals surface area contributed by atoms with E-state index in [9.17, 15) is 13.6 Å². The van der Waals surface area contributed by atoms with Crippen LogP contribution in [-0.2, 0) is 0 Å². The molecule has 1 N–H and O–H groups in total. The van der Waals surface area contributed by atoms with Crippen molar-refractivity contribution in [2.24, 2.45) is 0 Å². The number of rotatable bonds is 3. The van der Waals surface area contributed by atoms with Crippen LogP contribution in [0.4, 0.5) is 14.5 Å². The molecule has 0 aliphatic carbocycles. The molecular formula is C14H10BrF2NO2. The van der Waals surface area contributed by atoms with Crippen molar-refractivity contribution in [3.8, 4) is 5.75 Å². The Morgan fingerprint density at radius 3 is 2.65 bits per heavy atom. The van der Waals surface area contributed by atoms with Crippen molar-refractivity contribution in [1.29, 1.82) is 0 Å². The van der Waals surface area contributed by atoms with Crippen LogP contribution in [0.3, 0.4) is 0 Å². The van der Waals surface area contributed by atoms with Gasteiger partial charge >= 0.3 is 0 Å². The fourth-order valence-corrected chi connectivity index (χ4v) is 1.89. The largest absolute Gasteiger partial charge is 0.497 e. The standard InChI is InChI=1S/C14H10BrF2NO2/c1-20-9-4-2-3-8(5-9)14(19)18-13-7-11(16)10(15)6-12(13)17/h2-7H,1H3,(H,18,19). The van der Waals surface area contributed by atoms with Crippen molar-refractivity contribution in [2.45, 2.75) is 0 Å². The second-order valence-corrected chi connectivity index (χ2v) is 4.79. The van der Waals surface area contributed by atoms with E-state index in [4.69, 9.17) is 4.74 Å². The molecule has 0 atom stereocenters. The van der Waals surface area contributed by atoms with Crippen molar-refractivity contribution in [2.75, 3.05) is 12.4 Å². The second kappa shape index (κ2) is 6.00. The third-order valence-corrected chi connectivity index (χ3v) is 3.20. The van der Waals surface area contributed by atoms with Crippen molar-refractivity contribution in [1.82, 2.24) is 0 Å². The lowest BCUT2D eigenvalue weighted by atomic mass is 10.2. The van der Waals surface area contributed by atoms with Crippen molar-refractivity contribution in [3.63, 3.8) is 0 Å². The molecule has 0 unspecified atom stereocenters.